The second-order valence-corrected chi connectivity index (χ2v) is 7.10. The fourth-order valence-corrected chi connectivity index (χ4v) is 3.77. The van der Waals surface area contributed by atoms with Gasteiger partial charge in [0, 0.05) is 42.8 Å². The zero-order valence-corrected chi connectivity index (χ0v) is 15.3. The fraction of sp³-hybridized carbons (Fsp3) is 0.300. The summed E-state index contributed by atoms with van der Waals surface area (Å²) in [6.45, 7) is 3.89. The summed E-state index contributed by atoms with van der Waals surface area (Å²) in [5.41, 5.74) is 4.49. The lowest BCUT2D eigenvalue weighted by atomic mass is 10.0. The first-order chi connectivity index (χ1) is 13.1. The van der Waals surface area contributed by atoms with Gasteiger partial charge >= 0.3 is 0 Å². The van der Waals surface area contributed by atoms with Crippen molar-refractivity contribution in [1.82, 2.24) is 24.7 Å². The van der Waals surface area contributed by atoms with Crippen LogP contribution >= 0.6 is 0 Å². The van der Waals surface area contributed by atoms with E-state index in [1.54, 1.807) is 10.9 Å². The van der Waals surface area contributed by atoms with E-state index in [4.69, 9.17) is 4.98 Å². The Hall–Kier alpha value is -3.22. The fourth-order valence-electron chi connectivity index (χ4n) is 3.77. The van der Waals surface area contributed by atoms with Gasteiger partial charge in [0.05, 0.1) is 22.9 Å². The molecule has 0 amide bonds. The van der Waals surface area contributed by atoms with Crippen molar-refractivity contribution in [1.29, 1.82) is 0 Å². The van der Waals surface area contributed by atoms with E-state index in [9.17, 15) is 5.11 Å². The van der Waals surface area contributed by atoms with Crippen molar-refractivity contribution in [3.05, 3.63) is 36.2 Å². The van der Waals surface area contributed by atoms with Crippen LogP contribution in [0.25, 0.3) is 33.2 Å². The molecule has 136 valence electrons. The van der Waals surface area contributed by atoms with Gasteiger partial charge in [0.15, 0.2) is 0 Å². The third kappa shape index (κ3) is 2.58. The Morgan fingerprint density at radius 2 is 1.89 bits per heavy atom. The van der Waals surface area contributed by atoms with Gasteiger partial charge in [-0.3, -0.25) is 4.68 Å². The first kappa shape index (κ1) is 16.0. The molecule has 0 aliphatic carbocycles. The molecule has 4 aromatic rings. The molecule has 1 aliphatic rings. The minimum absolute atomic E-state index is 0.211. The van der Waals surface area contributed by atoms with Gasteiger partial charge in [-0.1, -0.05) is 0 Å². The summed E-state index contributed by atoms with van der Waals surface area (Å²) < 4.78 is 1.75. The lowest BCUT2D eigenvalue weighted by Gasteiger charge is -2.15. The highest BCUT2D eigenvalue weighted by atomic mass is 16.3. The van der Waals surface area contributed by atoms with Gasteiger partial charge in [0.25, 0.3) is 0 Å². The maximum atomic E-state index is 10.7. The van der Waals surface area contributed by atoms with E-state index in [-0.39, 0.29) is 5.75 Å². The van der Waals surface area contributed by atoms with Crippen LogP contribution in [0.15, 0.2) is 30.6 Å². The van der Waals surface area contributed by atoms with Gasteiger partial charge in [-0.25, -0.2) is 15.0 Å². The lowest BCUT2D eigenvalue weighted by molar-refractivity contribution is 0.474. The number of rotatable bonds is 2. The molecule has 27 heavy (non-hydrogen) atoms. The summed E-state index contributed by atoms with van der Waals surface area (Å²) in [6, 6.07) is 5.78. The molecule has 7 nitrogen and oxygen atoms in total. The van der Waals surface area contributed by atoms with E-state index in [1.165, 1.54) is 12.8 Å². The summed E-state index contributed by atoms with van der Waals surface area (Å²) in [4.78, 5) is 16.1. The third-order valence-corrected chi connectivity index (χ3v) is 5.21. The topological polar surface area (TPSA) is 80.0 Å². The van der Waals surface area contributed by atoms with Crippen molar-refractivity contribution in [2.45, 2.75) is 19.8 Å². The van der Waals surface area contributed by atoms with E-state index in [0.29, 0.717) is 11.3 Å². The summed E-state index contributed by atoms with van der Waals surface area (Å²) in [6.07, 6.45) is 6.09. The molecule has 1 saturated heterocycles. The first-order valence-electron chi connectivity index (χ1n) is 9.15. The number of anilines is 1. The van der Waals surface area contributed by atoms with Crippen LogP contribution in [0.5, 0.6) is 5.75 Å². The average Bonchev–Trinajstić information content (AvgIpc) is 3.33. The Bertz CT molecular complexity index is 1180. The molecule has 5 rings (SSSR count). The third-order valence-electron chi connectivity index (χ3n) is 5.21. The second kappa shape index (κ2) is 5.90. The van der Waals surface area contributed by atoms with Crippen LogP contribution in [0.2, 0.25) is 0 Å². The van der Waals surface area contributed by atoms with Crippen LogP contribution in [0.1, 0.15) is 18.4 Å². The standard InChI is InChI=1S/C20H20N6O/c1-12-18-13(11-25(2)24-18)9-14(19(12)27)15-5-6-16-17(22-15)10-21-20(23-16)26-7-3-4-8-26/h5-6,9-11,27H,3-4,7-8H2,1-2H3. The van der Waals surface area contributed by atoms with Crippen LogP contribution in [-0.2, 0) is 7.05 Å². The molecule has 0 saturated carbocycles. The molecular weight excluding hydrogens is 340 g/mol. The van der Waals surface area contributed by atoms with Crippen molar-refractivity contribution in [3.63, 3.8) is 0 Å². The minimum atomic E-state index is 0.211. The molecule has 1 N–H and O–H groups in total. The van der Waals surface area contributed by atoms with Gasteiger partial charge in [-0.15, -0.1) is 0 Å². The predicted molar refractivity (Wildman–Crippen MR) is 105 cm³/mol. The number of phenols is 1. The largest absolute Gasteiger partial charge is 0.507 e. The molecule has 0 atom stereocenters. The van der Waals surface area contributed by atoms with Gasteiger partial charge < -0.3 is 10.0 Å². The van der Waals surface area contributed by atoms with E-state index >= 15 is 0 Å². The van der Waals surface area contributed by atoms with Gasteiger partial charge in [-0.2, -0.15) is 5.10 Å². The number of pyridine rings is 1. The molecule has 4 heterocycles. The van der Waals surface area contributed by atoms with Crippen molar-refractivity contribution in [2.24, 2.45) is 7.05 Å². The van der Waals surface area contributed by atoms with Crippen molar-refractivity contribution in [3.8, 4) is 17.0 Å². The van der Waals surface area contributed by atoms with Crippen molar-refractivity contribution >= 4 is 27.9 Å². The van der Waals surface area contributed by atoms with Crippen LogP contribution in [0.3, 0.4) is 0 Å². The summed E-state index contributed by atoms with van der Waals surface area (Å²) in [5, 5.41) is 16.1. The smallest absolute Gasteiger partial charge is 0.225 e. The van der Waals surface area contributed by atoms with E-state index in [0.717, 1.165) is 46.5 Å². The normalized spacial score (nSPS) is 14.5. The molecule has 0 unspecified atom stereocenters. The average molecular weight is 360 g/mol. The number of aryl methyl sites for hydroxylation is 2. The molecule has 1 fully saturated rings. The Kier molecular flexibility index (Phi) is 3.50. The molecule has 3 aromatic heterocycles. The predicted octanol–water partition coefficient (Wildman–Crippen LogP) is 3.19. The van der Waals surface area contributed by atoms with Gasteiger partial charge in [0.2, 0.25) is 5.95 Å². The molecule has 7 heteroatoms. The number of fused-ring (bicyclic) bond motifs is 2. The van der Waals surface area contributed by atoms with Crippen molar-refractivity contribution < 1.29 is 5.11 Å². The number of benzene rings is 1. The zero-order chi connectivity index (χ0) is 18.5. The number of phenolic OH excluding ortho intramolecular Hbond substituents is 1. The molecule has 0 bridgehead atoms. The molecular formula is C20H20N6O. The molecule has 1 aliphatic heterocycles. The highest BCUT2D eigenvalue weighted by molar-refractivity contribution is 5.91. The Morgan fingerprint density at radius 1 is 1.07 bits per heavy atom. The maximum absolute atomic E-state index is 10.7. The Balaban J connectivity index is 1.61. The summed E-state index contributed by atoms with van der Waals surface area (Å²) in [7, 11) is 1.87. The monoisotopic (exact) mass is 360 g/mol. The number of aromatic nitrogens is 5. The van der Waals surface area contributed by atoms with Gasteiger partial charge in [0.1, 0.15) is 11.3 Å². The van der Waals surface area contributed by atoms with Crippen LogP contribution < -0.4 is 4.90 Å². The quantitative estimate of drug-likeness (QED) is 0.591. The number of aromatic hydroxyl groups is 1. The number of hydrogen-bond donors (Lipinski definition) is 1. The van der Waals surface area contributed by atoms with E-state index in [1.807, 2.05) is 38.4 Å². The Morgan fingerprint density at radius 3 is 2.70 bits per heavy atom. The molecule has 0 radical (unpaired) electrons. The highest BCUT2D eigenvalue weighted by Gasteiger charge is 2.17. The van der Waals surface area contributed by atoms with E-state index in [2.05, 4.69) is 20.0 Å². The highest BCUT2D eigenvalue weighted by Crippen LogP contribution is 2.36. The molecule has 0 spiro atoms. The molecule has 1 aromatic carbocycles. The SMILES string of the molecule is Cc1c(O)c(-c2ccc3nc(N4CCCC4)ncc3n2)cc2cn(C)nc12. The number of nitrogens with zero attached hydrogens (tertiary/aromatic N) is 6. The van der Waals surface area contributed by atoms with Crippen LogP contribution in [0.4, 0.5) is 5.95 Å². The second-order valence-electron chi connectivity index (χ2n) is 7.10. The zero-order valence-electron chi connectivity index (χ0n) is 15.3. The van der Waals surface area contributed by atoms with Crippen LogP contribution in [0, 0.1) is 6.92 Å². The summed E-state index contributed by atoms with van der Waals surface area (Å²) in [5.74, 6) is 0.979. The van der Waals surface area contributed by atoms with Crippen molar-refractivity contribution in [2.75, 3.05) is 18.0 Å². The summed E-state index contributed by atoms with van der Waals surface area (Å²) >= 11 is 0. The lowest BCUT2D eigenvalue weighted by Crippen LogP contribution is -2.20. The van der Waals surface area contributed by atoms with Crippen LogP contribution in [-0.4, -0.2) is 42.9 Å². The van der Waals surface area contributed by atoms with Gasteiger partial charge in [-0.05, 0) is 38.0 Å². The maximum Gasteiger partial charge on any atom is 0.225 e. The first-order valence-corrected chi connectivity index (χ1v) is 9.15. The Labute approximate surface area is 156 Å². The van der Waals surface area contributed by atoms with E-state index < -0.39 is 0 Å². The minimum Gasteiger partial charge on any atom is -0.507 e. The number of hydrogen-bond acceptors (Lipinski definition) is 6.